The van der Waals surface area contributed by atoms with E-state index in [2.05, 4.69) is 5.32 Å². The van der Waals surface area contributed by atoms with Crippen molar-refractivity contribution in [1.29, 1.82) is 0 Å². The molecule has 150 valence electrons. The molecule has 2 aromatic carbocycles. The van der Waals surface area contributed by atoms with Gasteiger partial charge in [-0.05, 0) is 35.9 Å². The van der Waals surface area contributed by atoms with Crippen molar-refractivity contribution in [1.82, 2.24) is 5.32 Å². The highest BCUT2D eigenvalue weighted by atomic mass is 35.5. The number of hydrogen-bond donors (Lipinski definition) is 1. The number of ether oxygens (including phenoxy) is 3. The highest BCUT2D eigenvalue weighted by molar-refractivity contribution is 7.98. The lowest BCUT2D eigenvalue weighted by molar-refractivity contribution is -0.116. The highest BCUT2D eigenvalue weighted by Crippen LogP contribution is 2.40. The van der Waals surface area contributed by atoms with E-state index in [1.165, 1.54) is 11.6 Å². The van der Waals surface area contributed by atoms with E-state index in [9.17, 15) is 4.79 Å². The van der Waals surface area contributed by atoms with Gasteiger partial charge in [-0.25, -0.2) is 0 Å². The Labute approximate surface area is 175 Å². The molecule has 2 aromatic rings. The van der Waals surface area contributed by atoms with E-state index in [1.54, 1.807) is 45.2 Å². The number of nitrogens with one attached hydrogen (secondary N) is 1. The molecule has 0 bridgehead atoms. The molecule has 0 aliphatic rings. The quantitative estimate of drug-likeness (QED) is 0.454. The minimum absolute atomic E-state index is 0.163. The zero-order chi connectivity index (χ0) is 20.4. The fourth-order valence-electron chi connectivity index (χ4n) is 2.50. The van der Waals surface area contributed by atoms with Crippen LogP contribution < -0.4 is 19.5 Å². The van der Waals surface area contributed by atoms with Crippen molar-refractivity contribution in [2.24, 2.45) is 0 Å². The standard InChI is InChI=1S/C21H24ClNO4S/c1-25-18-10-6-16(20(26-2)21(18)27-3)7-11-19(24)23-12-13-28-14-15-4-8-17(22)9-5-15/h4-11H,12-14H2,1-3H3,(H,23,24)/b11-7+. The topological polar surface area (TPSA) is 56.8 Å². The Balaban J connectivity index is 1.82. The largest absolute Gasteiger partial charge is 0.493 e. The number of carbonyl (C=O) groups is 1. The molecule has 0 saturated carbocycles. The minimum atomic E-state index is -0.163. The summed E-state index contributed by atoms with van der Waals surface area (Å²) >= 11 is 7.62. The third kappa shape index (κ3) is 6.39. The fourth-order valence-corrected chi connectivity index (χ4v) is 3.44. The first-order valence-corrected chi connectivity index (χ1v) is 10.2. The van der Waals surface area contributed by atoms with E-state index in [0.29, 0.717) is 23.8 Å². The second-order valence-electron chi connectivity index (χ2n) is 5.73. The Bertz CT molecular complexity index is 809. The molecular weight excluding hydrogens is 398 g/mol. The maximum absolute atomic E-state index is 12.0. The van der Waals surface area contributed by atoms with Crippen molar-refractivity contribution in [2.45, 2.75) is 5.75 Å². The van der Waals surface area contributed by atoms with E-state index in [4.69, 9.17) is 25.8 Å². The molecule has 0 aromatic heterocycles. The van der Waals surface area contributed by atoms with Gasteiger partial charge in [-0.2, -0.15) is 11.8 Å². The summed E-state index contributed by atoms with van der Waals surface area (Å²) in [5.41, 5.74) is 1.94. The van der Waals surface area contributed by atoms with Crippen LogP contribution in [0.1, 0.15) is 11.1 Å². The van der Waals surface area contributed by atoms with Crippen LogP contribution in [0.4, 0.5) is 0 Å². The van der Waals surface area contributed by atoms with Crippen molar-refractivity contribution >= 4 is 35.3 Å². The van der Waals surface area contributed by atoms with Crippen LogP contribution in [0.5, 0.6) is 17.2 Å². The predicted molar refractivity (Wildman–Crippen MR) is 116 cm³/mol. The maximum Gasteiger partial charge on any atom is 0.244 e. The van der Waals surface area contributed by atoms with Gasteiger partial charge in [0.25, 0.3) is 0 Å². The van der Waals surface area contributed by atoms with Crippen LogP contribution in [0.25, 0.3) is 6.08 Å². The monoisotopic (exact) mass is 421 g/mol. The summed E-state index contributed by atoms with van der Waals surface area (Å²) in [4.78, 5) is 12.0. The molecule has 28 heavy (non-hydrogen) atoms. The zero-order valence-corrected chi connectivity index (χ0v) is 17.7. The van der Waals surface area contributed by atoms with Crippen molar-refractivity contribution in [2.75, 3.05) is 33.6 Å². The van der Waals surface area contributed by atoms with E-state index in [1.807, 2.05) is 30.3 Å². The average molecular weight is 422 g/mol. The van der Waals surface area contributed by atoms with Gasteiger partial charge in [-0.15, -0.1) is 0 Å². The van der Waals surface area contributed by atoms with Crippen LogP contribution in [0.15, 0.2) is 42.5 Å². The van der Waals surface area contributed by atoms with Gasteiger partial charge in [0.05, 0.1) is 21.3 Å². The van der Waals surface area contributed by atoms with Crippen LogP contribution in [0.2, 0.25) is 5.02 Å². The number of methoxy groups -OCH3 is 3. The second-order valence-corrected chi connectivity index (χ2v) is 7.27. The smallest absolute Gasteiger partial charge is 0.244 e. The number of halogens is 1. The van der Waals surface area contributed by atoms with Crippen LogP contribution in [-0.2, 0) is 10.5 Å². The van der Waals surface area contributed by atoms with E-state index >= 15 is 0 Å². The van der Waals surface area contributed by atoms with Crippen LogP contribution in [-0.4, -0.2) is 39.5 Å². The van der Waals surface area contributed by atoms with E-state index < -0.39 is 0 Å². The Morgan fingerprint density at radius 2 is 1.75 bits per heavy atom. The molecule has 0 atom stereocenters. The summed E-state index contributed by atoms with van der Waals surface area (Å²) in [5.74, 6) is 3.12. The van der Waals surface area contributed by atoms with Gasteiger partial charge in [0, 0.05) is 34.7 Å². The van der Waals surface area contributed by atoms with Crippen molar-refractivity contribution in [3.8, 4) is 17.2 Å². The van der Waals surface area contributed by atoms with Gasteiger partial charge >= 0.3 is 0 Å². The molecule has 0 aliphatic heterocycles. The van der Waals surface area contributed by atoms with Crippen LogP contribution >= 0.6 is 23.4 Å². The van der Waals surface area contributed by atoms with Gasteiger partial charge in [0.2, 0.25) is 11.7 Å². The summed E-state index contributed by atoms with van der Waals surface area (Å²) in [7, 11) is 4.65. The molecule has 0 spiro atoms. The Morgan fingerprint density at radius 3 is 2.39 bits per heavy atom. The first-order valence-electron chi connectivity index (χ1n) is 8.66. The fraction of sp³-hybridized carbons (Fsp3) is 0.286. The lowest BCUT2D eigenvalue weighted by Crippen LogP contribution is -2.23. The molecule has 7 heteroatoms. The Hall–Kier alpha value is -2.31. The molecule has 0 unspecified atom stereocenters. The molecule has 0 fully saturated rings. The summed E-state index contributed by atoms with van der Waals surface area (Å²) in [6.45, 7) is 0.588. The summed E-state index contributed by atoms with van der Waals surface area (Å²) in [5, 5.41) is 3.61. The van der Waals surface area contributed by atoms with Gasteiger partial charge in [0.1, 0.15) is 0 Å². The molecule has 0 aliphatic carbocycles. The molecule has 0 radical (unpaired) electrons. The number of rotatable bonds is 10. The van der Waals surface area contributed by atoms with E-state index in [0.717, 1.165) is 22.1 Å². The first kappa shape index (κ1) is 22.0. The predicted octanol–water partition coefficient (Wildman–Crippen LogP) is 4.43. The third-order valence-electron chi connectivity index (χ3n) is 3.88. The SMILES string of the molecule is COc1ccc(/C=C/C(=O)NCCSCc2ccc(Cl)cc2)c(OC)c1OC. The average Bonchev–Trinajstić information content (AvgIpc) is 2.72. The van der Waals surface area contributed by atoms with Crippen LogP contribution in [0, 0.1) is 0 Å². The van der Waals surface area contributed by atoms with Crippen molar-refractivity contribution < 1.29 is 19.0 Å². The number of hydrogen-bond acceptors (Lipinski definition) is 5. The maximum atomic E-state index is 12.0. The van der Waals surface area contributed by atoms with Crippen molar-refractivity contribution in [3.05, 3.63) is 58.6 Å². The minimum Gasteiger partial charge on any atom is -0.493 e. The normalized spacial score (nSPS) is 10.7. The lowest BCUT2D eigenvalue weighted by Gasteiger charge is -2.13. The van der Waals surface area contributed by atoms with Gasteiger partial charge in [0.15, 0.2) is 11.5 Å². The number of thioether (sulfide) groups is 1. The molecule has 1 N–H and O–H groups in total. The number of benzene rings is 2. The molecule has 0 heterocycles. The first-order chi connectivity index (χ1) is 13.6. The number of amides is 1. The summed E-state index contributed by atoms with van der Waals surface area (Å²) in [6, 6.07) is 11.4. The summed E-state index contributed by atoms with van der Waals surface area (Å²) < 4.78 is 16.0. The van der Waals surface area contributed by atoms with Gasteiger partial charge in [-0.3, -0.25) is 4.79 Å². The summed E-state index contributed by atoms with van der Waals surface area (Å²) in [6.07, 6.45) is 3.17. The third-order valence-corrected chi connectivity index (χ3v) is 5.16. The molecule has 1 amide bonds. The molecule has 5 nitrogen and oxygen atoms in total. The van der Waals surface area contributed by atoms with E-state index in [-0.39, 0.29) is 5.91 Å². The Kier molecular flexibility index (Phi) is 9.04. The lowest BCUT2D eigenvalue weighted by atomic mass is 10.1. The molecule has 2 rings (SSSR count). The molecular formula is C21H24ClNO4S. The zero-order valence-electron chi connectivity index (χ0n) is 16.2. The van der Waals surface area contributed by atoms with Crippen LogP contribution in [0.3, 0.4) is 0 Å². The van der Waals surface area contributed by atoms with Crippen molar-refractivity contribution in [3.63, 3.8) is 0 Å². The highest BCUT2D eigenvalue weighted by Gasteiger charge is 2.14. The molecule has 0 saturated heterocycles. The van der Waals surface area contributed by atoms with Gasteiger partial charge in [-0.1, -0.05) is 23.7 Å². The van der Waals surface area contributed by atoms with Gasteiger partial charge < -0.3 is 19.5 Å². The second kappa shape index (κ2) is 11.5. The number of carbonyl (C=O) groups excluding carboxylic acids is 1. The Morgan fingerprint density at radius 1 is 1.04 bits per heavy atom.